The maximum atomic E-state index is 5.74. The predicted octanol–water partition coefficient (Wildman–Crippen LogP) is 4.48. The lowest BCUT2D eigenvalue weighted by molar-refractivity contribution is 1.25. The quantitative estimate of drug-likeness (QED) is 0.599. The fourth-order valence-corrected chi connectivity index (χ4v) is 3.16. The van der Waals surface area contributed by atoms with Crippen LogP contribution in [-0.2, 0) is 11.6 Å². The van der Waals surface area contributed by atoms with Crippen LogP contribution in [0.1, 0.15) is 15.4 Å². The van der Waals surface area contributed by atoms with Crippen molar-refractivity contribution >= 4 is 34.7 Å². The van der Waals surface area contributed by atoms with E-state index in [-0.39, 0.29) is 0 Å². The Morgan fingerprint density at radius 1 is 1.31 bits per heavy atom. The van der Waals surface area contributed by atoms with Crippen LogP contribution in [-0.4, -0.2) is 4.98 Å². The van der Waals surface area contributed by atoms with Crippen LogP contribution in [0.3, 0.4) is 0 Å². The number of benzene rings is 1. The molecule has 0 aliphatic carbocycles. The molecule has 0 fully saturated rings. The average molecular weight is 270 g/mol. The van der Waals surface area contributed by atoms with Gasteiger partial charge >= 0.3 is 0 Å². The van der Waals surface area contributed by atoms with Gasteiger partial charge in [-0.25, -0.2) is 4.98 Å². The van der Waals surface area contributed by atoms with Gasteiger partial charge in [0.25, 0.3) is 0 Å². The smallest absolute Gasteiger partial charge is 0.103 e. The summed E-state index contributed by atoms with van der Waals surface area (Å²) in [6.07, 6.45) is 1.86. The van der Waals surface area contributed by atoms with E-state index in [2.05, 4.69) is 36.2 Å². The van der Waals surface area contributed by atoms with Crippen molar-refractivity contribution in [3.05, 3.63) is 45.9 Å². The minimum Gasteiger partial charge on any atom is -0.248 e. The number of thiazole rings is 1. The summed E-state index contributed by atoms with van der Waals surface area (Å²) in [5, 5.41) is 1.14. The molecule has 0 atom stereocenters. The fourth-order valence-electron chi connectivity index (χ4n) is 1.26. The molecule has 0 saturated carbocycles. The largest absolute Gasteiger partial charge is 0.248 e. The summed E-state index contributed by atoms with van der Waals surface area (Å²) in [5.41, 5.74) is 1.29. The predicted molar refractivity (Wildman–Crippen MR) is 72.4 cm³/mol. The van der Waals surface area contributed by atoms with E-state index in [1.54, 1.807) is 11.3 Å². The lowest BCUT2D eigenvalue weighted by atomic mass is 10.2. The zero-order valence-corrected chi connectivity index (χ0v) is 11.3. The SMILES string of the molecule is Cc1ccc(SCc2ncc(CCl)s2)cc1. The minimum absolute atomic E-state index is 0.562. The van der Waals surface area contributed by atoms with Gasteiger partial charge in [-0.05, 0) is 19.1 Å². The molecule has 0 radical (unpaired) electrons. The average Bonchev–Trinajstić information content (AvgIpc) is 2.76. The Labute approximate surface area is 109 Å². The molecule has 0 spiro atoms. The second-order valence-corrected chi connectivity index (χ2v) is 5.97. The Morgan fingerprint density at radius 3 is 2.69 bits per heavy atom. The molecular weight excluding hydrogens is 258 g/mol. The first-order chi connectivity index (χ1) is 7.78. The van der Waals surface area contributed by atoms with E-state index in [0.717, 1.165) is 15.6 Å². The van der Waals surface area contributed by atoms with Crippen molar-refractivity contribution in [1.29, 1.82) is 0 Å². The lowest BCUT2D eigenvalue weighted by Crippen LogP contribution is -1.78. The third-order valence-corrected chi connectivity index (χ3v) is 4.77. The molecule has 0 N–H and O–H groups in total. The van der Waals surface area contributed by atoms with Gasteiger partial charge in [-0.2, -0.15) is 0 Å². The number of hydrogen-bond donors (Lipinski definition) is 0. The van der Waals surface area contributed by atoms with Gasteiger partial charge in [0.2, 0.25) is 0 Å². The van der Waals surface area contributed by atoms with Crippen molar-refractivity contribution in [3.8, 4) is 0 Å². The molecule has 1 heterocycles. The third-order valence-electron chi connectivity index (χ3n) is 2.12. The van der Waals surface area contributed by atoms with Crippen molar-refractivity contribution in [2.24, 2.45) is 0 Å². The van der Waals surface area contributed by atoms with E-state index in [1.165, 1.54) is 10.5 Å². The monoisotopic (exact) mass is 269 g/mol. The number of nitrogens with zero attached hydrogens (tertiary/aromatic N) is 1. The van der Waals surface area contributed by atoms with Crippen molar-refractivity contribution < 1.29 is 0 Å². The van der Waals surface area contributed by atoms with Crippen LogP contribution in [0.2, 0.25) is 0 Å². The van der Waals surface area contributed by atoms with Crippen LogP contribution in [0, 0.1) is 6.92 Å². The van der Waals surface area contributed by atoms with Crippen LogP contribution in [0.15, 0.2) is 35.4 Å². The molecule has 4 heteroatoms. The topological polar surface area (TPSA) is 12.9 Å². The van der Waals surface area contributed by atoms with Gasteiger partial charge in [-0.15, -0.1) is 34.7 Å². The molecule has 0 saturated heterocycles. The molecule has 1 aromatic heterocycles. The van der Waals surface area contributed by atoms with Gasteiger partial charge in [-0.3, -0.25) is 0 Å². The molecule has 2 rings (SSSR count). The molecule has 0 bridgehead atoms. The van der Waals surface area contributed by atoms with E-state index in [0.29, 0.717) is 5.88 Å². The van der Waals surface area contributed by atoms with Crippen molar-refractivity contribution in [3.63, 3.8) is 0 Å². The van der Waals surface area contributed by atoms with Crippen LogP contribution in [0.5, 0.6) is 0 Å². The summed E-state index contributed by atoms with van der Waals surface area (Å²) in [4.78, 5) is 6.76. The zero-order chi connectivity index (χ0) is 11.4. The Balaban J connectivity index is 1.94. The highest BCUT2D eigenvalue weighted by molar-refractivity contribution is 7.98. The maximum Gasteiger partial charge on any atom is 0.103 e. The normalized spacial score (nSPS) is 10.6. The van der Waals surface area contributed by atoms with Gasteiger partial charge in [0, 0.05) is 16.0 Å². The molecule has 0 aliphatic rings. The molecule has 16 heavy (non-hydrogen) atoms. The summed E-state index contributed by atoms with van der Waals surface area (Å²) in [6, 6.07) is 8.56. The van der Waals surface area contributed by atoms with E-state index >= 15 is 0 Å². The Hall–Kier alpha value is -0.510. The first-order valence-electron chi connectivity index (χ1n) is 4.97. The highest BCUT2D eigenvalue weighted by Gasteiger charge is 2.02. The maximum absolute atomic E-state index is 5.74. The number of aromatic nitrogens is 1. The summed E-state index contributed by atoms with van der Waals surface area (Å²) in [6.45, 7) is 2.10. The number of hydrogen-bond acceptors (Lipinski definition) is 3. The Bertz CT molecular complexity index is 450. The van der Waals surface area contributed by atoms with Gasteiger partial charge in [0.1, 0.15) is 5.01 Å². The summed E-state index contributed by atoms with van der Waals surface area (Å²) < 4.78 is 0. The second kappa shape index (κ2) is 5.71. The first-order valence-corrected chi connectivity index (χ1v) is 7.30. The standard InChI is InChI=1S/C12H12ClNS2/c1-9-2-4-10(5-3-9)15-8-12-14-7-11(6-13)16-12/h2-5,7H,6,8H2,1H3. The third kappa shape index (κ3) is 3.24. The molecular formula is C12H12ClNS2. The Kier molecular flexibility index (Phi) is 4.27. The van der Waals surface area contributed by atoms with Crippen LogP contribution < -0.4 is 0 Å². The first kappa shape index (κ1) is 12.0. The van der Waals surface area contributed by atoms with Crippen LogP contribution >= 0.6 is 34.7 Å². The molecule has 0 unspecified atom stereocenters. The van der Waals surface area contributed by atoms with E-state index in [1.807, 2.05) is 18.0 Å². The summed E-state index contributed by atoms with van der Waals surface area (Å²) >= 11 is 9.24. The fraction of sp³-hybridized carbons (Fsp3) is 0.250. The van der Waals surface area contributed by atoms with Gasteiger partial charge < -0.3 is 0 Å². The van der Waals surface area contributed by atoms with Crippen LogP contribution in [0.4, 0.5) is 0 Å². The molecule has 0 aliphatic heterocycles. The minimum atomic E-state index is 0.562. The molecule has 1 nitrogen and oxygen atoms in total. The molecule has 2 aromatic rings. The van der Waals surface area contributed by atoms with E-state index in [4.69, 9.17) is 11.6 Å². The molecule has 1 aromatic carbocycles. The number of thioether (sulfide) groups is 1. The van der Waals surface area contributed by atoms with Crippen molar-refractivity contribution in [2.75, 3.05) is 0 Å². The van der Waals surface area contributed by atoms with E-state index < -0.39 is 0 Å². The Morgan fingerprint density at radius 2 is 2.06 bits per heavy atom. The summed E-state index contributed by atoms with van der Waals surface area (Å²) in [7, 11) is 0. The summed E-state index contributed by atoms with van der Waals surface area (Å²) in [5.74, 6) is 1.48. The molecule has 0 amide bonds. The zero-order valence-electron chi connectivity index (χ0n) is 8.94. The van der Waals surface area contributed by atoms with E-state index in [9.17, 15) is 0 Å². The van der Waals surface area contributed by atoms with Gasteiger partial charge in [-0.1, -0.05) is 17.7 Å². The number of alkyl halides is 1. The number of rotatable bonds is 4. The lowest BCUT2D eigenvalue weighted by Gasteiger charge is -1.99. The number of aryl methyl sites for hydroxylation is 1. The van der Waals surface area contributed by atoms with Crippen LogP contribution in [0.25, 0.3) is 0 Å². The van der Waals surface area contributed by atoms with Gasteiger partial charge in [0.15, 0.2) is 0 Å². The number of halogens is 1. The highest BCUT2D eigenvalue weighted by atomic mass is 35.5. The molecule has 84 valence electrons. The highest BCUT2D eigenvalue weighted by Crippen LogP contribution is 2.25. The van der Waals surface area contributed by atoms with Crippen molar-refractivity contribution in [1.82, 2.24) is 4.98 Å². The van der Waals surface area contributed by atoms with Gasteiger partial charge in [0.05, 0.1) is 11.6 Å². The van der Waals surface area contributed by atoms with Crippen molar-refractivity contribution in [2.45, 2.75) is 23.5 Å². The second-order valence-electron chi connectivity index (χ2n) is 3.46.